The van der Waals surface area contributed by atoms with Gasteiger partial charge in [-0.15, -0.1) is 0 Å². The van der Waals surface area contributed by atoms with Gasteiger partial charge in [-0.25, -0.2) is 4.98 Å². The fourth-order valence-electron chi connectivity index (χ4n) is 1.34. The molecule has 0 spiro atoms. The van der Waals surface area contributed by atoms with Crippen LogP contribution in [0.3, 0.4) is 0 Å². The second-order valence-corrected chi connectivity index (χ2v) is 3.56. The molecule has 1 fully saturated rings. The Kier molecular flexibility index (Phi) is 2.39. The van der Waals surface area contributed by atoms with Gasteiger partial charge >= 0.3 is 0 Å². The first-order valence-electron chi connectivity index (χ1n) is 4.26. The number of carbonyl (C=O) groups is 1. The number of amides is 1. The monoisotopic (exact) mass is 212 g/mol. The van der Waals surface area contributed by atoms with Crippen LogP contribution in [0.4, 0.5) is 0 Å². The number of hydrogen-bond acceptors (Lipinski definition) is 3. The molecule has 1 aliphatic heterocycles. The number of aromatic nitrogens is 1. The lowest BCUT2D eigenvalue weighted by Gasteiger charge is -2.35. The van der Waals surface area contributed by atoms with Crippen molar-refractivity contribution in [2.75, 3.05) is 13.1 Å². The van der Waals surface area contributed by atoms with E-state index in [1.807, 2.05) is 0 Å². The predicted octanol–water partition coefficient (Wildman–Crippen LogP) is 0.552. The van der Waals surface area contributed by atoms with E-state index in [0.29, 0.717) is 18.7 Å². The summed E-state index contributed by atoms with van der Waals surface area (Å²) in [5.41, 5.74) is 0.390. The molecular weight excluding hydrogens is 204 g/mol. The van der Waals surface area contributed by atoms with Gasteiger partial charge in [-0.05, 0) is 12.1 Å². The lowest BCUT2D eigenvalue weighted by atomic mass is 10.1. The zero-order valence-corrected chi connectivity index (χ0v) is 8.11. The van der Waals surface area contributed by atoms with Crippen molar-refractivity contribution in [1.82, 2.24) is 9.88 Å². The topological polar surface area (TPSA) is 53.4 Å². The number of carbonyl (C=O) groups excluding carboxylic acids is 1. The summed E-state index contributed by atoms with van der Waals surface area (Å²) in [6.45, 7) is 0.758. The first kappa shape index (κ1) is 9.43. The van der Waals surface area contributed by atoms with Gasteiger partial charge in [0, 0.05) is 19.3 Å². The standard InChI is InChI=1S/C9H9ClN2O2/c10-8-7(2-1-3-11-8)9(14)12-4-6(13)5-12/h1-3,6,13H,4-5H2. The van der Waals surface area contributed by atoms with Gasteiger partial charge < -0.3 is 10.0 Å². The Labute approximate surface area is 86.1 Å². The molecule has 2 rings (SSSR count). The van der Waals surface area contributed by atoms with Gasteiger partial charge in [-0.2, -0.15) is 0 Å². The van der Waals surface area contributed by atoms with Crippen LogP contribution in [0.25, 0.3) is 0 Å². The summed E-state index contributed by atoms with van der Waals surface area (Å²) in [7, 11) is 0. The molecule has 0 aliphatic carbocycles. The Bertz CT molecular complexity index is 364. The zero-order chi connectivity index (χ0) is 10.1. The summed E-state index contributed by atoms with van der Waals surface area (Å²) in [6, 6.07) is 3.29. The molecule has 0 radical (unpaired) electrons. The second-order valence-electron chi connectivity index (χ2n) is 3.21. The number of β-amino-alcohol motifs (C(OH)–C–C–N with tert-alkyl or cyclic N) is 1. The lowest BCUT2D eigenvalue weighted by molar-refractivity contribution is 0.00588. The minimum atomic E-state index is -0.394. The van der Waals surface area contributed by atoms with Crippen LogP contribution in [0.2, 0.25) is 5.15 Å². The van der Waals surface area contributed by atoms with Crippen LogP contribution in [0.15, 0.2) is 18.3 Å². The second kappa shape index (κ2) is 3.55. The number of pyridine rings is 1. The zero-order valence-electron chi connectivity index (χ0n) is 7.35. The van der Waals surface area contributed by atoms with Crippen molar-refractivity contribution in [2.24, 2.45) is 0 Å². The SMILES string of the molecule is O=C(c1cccnc1Cl)N1CC(O)C1. The Morgan fingerprint density at radius 3 is 2.93 bits per heavy atom. The first-order chi connectivity index (χ1) is 6.68. The molecule has 1 N–H and O–H groups in total. The Hall–Kier alpha value is -1.13. The van der Waals surface area contributed by atoms with Crippen LogP contribution in [-0.2, 0) is 0 Å². The summed E-state index contributed by atoms with van der Waals surface area (Å²) < 4.78 is 0. The number of aliphatic hydroxyl groups excluding tert-OH is 1. The molecular formula is C9H9ClN2O2. The normalized spacial score (nSPS) is 16.6. The molecule has 0 bridgehead atoms. The van der Waals surface area contributed by atoms with Crippen LogP contribution >= 0.6 is 11.6 Å². The van der Waals surface area contributed by atoms with Crippen molar-refractivity contribution < 1.29 is 9.90 Å². The molecule has 4 nitrogen and oxygen atoms in total. The number of nitrogens with zero attached hydrogens (tertiary/aromatic N) is 2. The van der Waals surface area contributed by atoms with Crippen molar-refractivity contribution in [3.8, 4) is 0 Å². The summed E-state index contributed by atoms with van der Waals surface area (Å²) >= 11 is 5.76. The van der Waals surface area contributed by atoms with E-state index >= 15 is 0 Å². The maximum absolute atomic E-state index is 11.7. The molecule has 0 saturated carbocycles. The number of likely N-dealkylation sites (tertiary alicyclic amines) is 1. The number of rotatable bonds is 1. The van der Waals surface area contributed by atoms with Crippen LogP contribution < -0.4 is 0 Å². The van der Waals surface area contributed by atoms with E-state index in [-0.39, 0.29) is 11.1 Å². The number of halogens is 1. The van der Waals surface area contributed by atoms with Gasteiger partial charge in [0.25, 0.3) is 5.91 Å². The van der Waals surface area contributed by atoms with E-state index in [4.69, 9.17) is 16.7 Å². The highest BCUT2D eigenvalue weighted by molar-refractivity contribution is 6.32. The highest BCUT2D eigenvalue weighted by Gasteiger charge is 2.30. The molecule has 0 unspecified atom stereocenters. The summed E-state index contributed by atoms with van der Waals surface area (Å²) in [5, 5.41) is 9.25. The molecule has 2 heterocycles. The average Bonchev–Trinajstić information content (AvgIpc) is 2.13. The smallest absolute Gasteiger partial charge is 0.257 e. The molecule has 74 valence electrons. The Morgan fingerprint density at radius 1 is 1.64 bits per heavy atom. The highest BCUT2D eigenvalue weighted by Crippen LogP contribution is 2.17. The molecule has 1 amide bonds. The first-order valence-corrected chi connectivity index (χ1v) is 4.64. The summed E-state index contributed by atoms with van der Waals surface area (Å²) in [6.07, 6.45) is 1.14. The van der Waals surface area contributed by atoms with Crippen LogP contribution in [-0.4, -0.2) is 40.1 Å². The maximum atomic E-state index is 11.7. The van der Waals surface area contributed by atoms with Crippen molar-refractivity contribution in [3.63, 3.8) is 0 Å². The van der Waals surface area contributed by atoms with Gasteiger partial charge in [0.05, 0.1) is 11.7 Å². The predicted molar refractivity (Wildman–Crippen MR) is 51.2 cm³/mol. The largest absolute Gasteiger partial charge is 0.389 e. The van der Waals surface area contributed by atoms with Gasteiger partial charge in [-0.3, -0.25) is 4.79 Å². The minimum Gasteiger partial charge on any atom is -0.389 e. The maximum Gasteiger partial charge on any atom is 0.257 e. The average molecular weight is 213 g/mol. The van der Waals surface area contributed by atoms with E-state index in [0.717, 1.165) is 0 Å². The quantitative estimate of drug-likeness (QED) is 0.692. The third kappa shape index (κ3) is 1.58. The highest BCUT2D eigenvalue weighted by atomic mass is 35.5. The Morgan fingerprint density at radius 2 is 2.36 bits per heavy atom. The van der Waals surface area contributed by atoms with Crippen molar-refractivity contribution in [3.05, 3.63) is 29.0 Å². The molecule has 5 heteroatoms. The number of hydrogen-bond donors (Lipinski definition) is 1. The van der Waals surface area contributed by atoms with Crippen molar-refractivity contribution in [1.29, 1.82) is 0 Å². The van der Waals surface area contributed by atoms with Gasteiger partial charge in [0.1, 0.15) is 5.15 Å². The van der Waals surface area contributed by atoms with E-state index < -0.39 is 6.10 Å². The van der Waals surface area contributed by atoms with E-state index in [1.165, 1.54) is 11.1 Å². The van der Waals surface area contributed by atoms with Gasteiger partial charge in [0.15, 0.2) is 0 Å². The molecule has 0 aromatic carbocycles. The number of aliphatic hydroxyl groups is 1. The van der Waals surface area contributed by atoms with E-state index in [9.17, 15) is 4.79 Å². The third-order valence-corrected chi connectivity index (χ3v) is 2.44. The molecule has 1 saturated heterocycles. The summed E-state index contributed by atoms with van der Waals surface area (Å²) in [5.74, 6) is -0.173. The van der Waals surface area contributed by atoms with E-state index in [2.05, 4.69) is 4.98 Å². The molecule has 1 aliphatic rings. The molecule has 1 aromatic heterocycles. The molecule has 14 heavy (non-hydrogen) atoms. The van der Waals surface area contributed by atoms with Crippen LogP contribution in [0, 0.1) is 0 Å². The fourth-order valence-corrected chi connectivity index (χ4v) is 1.54. The summed E-state index contributed by atoms with van der Waals surface area (Å²) in [4.78, 5) is 17.0. The van der Waals surface area contributed by atoms with Crippen molar-refractivity contribution >= 4 is 17.5 Å². The minimum absolute atomic E-state index is 0.173. The lowest BCUT2D eigenvalue weighted by Crippen LogP contribution is -2.53. The molecule has 0 atom stereocenters. The van der Waals surface area contributed by atoms with Gasteiger partial charge in [-0.1, -0.05) is 11.6 Å². The van der Waals surface area contributed by atoms with Crippen LogP contribution in [0.5, 0.6) is 0 Å². The van der Waals surface area contributed by atoms with Crippen molar-refractivity contribution in [2.45, 2.75) is 6.10 Å². The Balaban J connectivity index is 2.16. The van der Waals surface area contributed by atoms with E-state index in [1.54, 1.807) is 12.1 Å². The van der Waals surface area contributed by atoms with Crippen LogP contribution in [0.1, 0.15) is 10.4 Å². The third-order valence-electron chi connectivity index (χ3n) is 2.14. The van der Waals surface area contributed by atoms with Gasteiger partial charge in [0.2, 0.25) is 0 Å². The fraction of sp³-hybridized carbons (Fsp3) is 0.333. The molecule has 1 aromatic rings.